The molecule has 2 N–H and O–H groups in total. The lowest BCUT2D eigenvalue weighted by Crippen LogP contribution is -2.45. The SMILES string of the molecule is CN=C(NCCCOCCc1ccccc1)NCC1COc2ccccc2O1. The molecule has 2 aromatic carbocycles. The summed E-state index contributed by atoms with van der Waals surface area (Å²) < 4.78 is 17.4. The lowest BCUT2D eigenvalue weighted by molar-refractivity contribution is 0.0936. The normalized spacial score (nSPS) is 15.9. The molecule has 6 heteroatoms. The van der Waals surface area contributed by atoms with Crippen LogP contribution in [-0.4, -0.2) is 52.0 Å². The third kappa shape index (κ3) is 6.46. The molecule has 1 aliphatic heterocycles. The highest BCUT2D eigenvalue weighted by Gasteiger charge is 2.20. The minimum Gasteiger partial charge on any atom is -0.486 e. The zero-order chi connectivity index (χ0) is 19.4. The van der Waals surface area contributed by atoms with Crippen LogP contribution in [0.1, 0.15) is 12.0 Å². The summed E-state index contributed by atoms with van der Waals surface area (Å²) in [7, 11) is 1.76. The van der Waals surface area contributed by atoms with Gasteiger partial charge in [0.1, 0.15) is 12.7 Å². The Morgan fingerprint density at radius 3 is 2.64 bits per heavy atom. The Labute approximate surface area is 166 Å². The van der Waals surface area contributed by atoms with Crippen molar-refractivity contribution >= 4 is 5.96 Å². The molecular formula is C22H29N3O3. The summed E-state index contributed by atoms with van der Waals surface area (Å²) in [6, 6.07) is 18.1. The summed E-state index contributed by atoms with van der Waals surface area (Å²) in [5.41, 5.74) is 1.31. The molecule has 0 saturated carbocycles. The number of benzene rings is 2. The number of guanidine groups is 1. The lowest BCUT2D eigenvalue weighted by Gasteiger charge is -2.27. The first-order valence-electron chi connectivity index (χ1n) is 9.80. The van der Waals surface area contributed by atoms with Crippen molar-refractivity contribution in [2.75, 3.05) is 40.0 Å². The molecule has 0 aromatic heterocycles. The molecule has 150 valence electrons. The highest BCUT2D eigenvalue weighted by Crippen LogP contribution is 2.30. The minimum absolute atomic E-state index is 0.0465. The van der Waals surface area contributed by atoms with Crippen molar-refractivity contribution in [3.8, 4) is 11.5 Å². The largest absolute Gasteiger partial charge is 0.486 e. The van der Waals surface area contributed by atoms with Crippen LogP contribution >= 0.6 is 0 Å². The van der Waals surface area contributed by atoms with Crippen molar-refractivity contribution in [3.63, 3.8) is 0 Å². The van der Waals surface area contributed by atoms with E-state index in [4.69, 9.17) is 14.2 Å². The fourth-order valence-electron chi connectivity index (χ4n) is 2.91. The predicted octanol–water partition coefficient (Wildman–Crippen LogP) is 2.64. The third-order valence-electron chi connectivity index (χ3n) is 4.42. The van der Waals surface area contributed by atoms with E-state index in [-0.39, 0.29) is 6.10 Å². The monoisotopic (exact) mass is 383 g/mol. The van der Waals surface area contributed by atoms with Crippen LogP contribution in [0.3, 0.4) is 0 Å². The number of aliphatic imine (C=N–C) groups is 1. The Morgan fingerprint density at radius 2 is 1.82 bits per heavy atom. The first-order chi connectivity index (χ1) is 13.8. The average Bonchev–Trinajstić information content (AvgIpc) is 2.75. The molecule has 0 saturated heterocycles. The Morgan fingerprint density at radius 1 is 1.04 bits per heavy atom. The smallest absolute Gasteiger partial charge is 0.191 e. The van der Waals surface area contributed by atoms with E-state index in [1.165, 1.54) is 5.56 Å². The van der Waals surface area contributed by atoms with E-state index < -0.39 is 0 Å². The Bertz CT molecular complexity index is 737. The second-order valence-electron chi connectivity index (χ2n) is 6.58. The van der Waals surface area contributed by atoms with Crippen LogP contribution in [0.2, 0.25) is 0 Å². The molecule has 0 fully saturated rings. The summed E-state index contributed by atoms with van der Waals surface area (Å²) in [5, 5.41) is 6.59. The maximum absolute atomic E-state index is 5.94. The first-order valence-corrected chi connectivity index (χ1v) is 9.80. The molecule has 2 aromatic rings. The summed E-state index contributed by atoms with van der Waals surface area (Å²) in [5.74, 6) is 2.34. The maximum Gasteiger partial charge on any atom is 0.191 e. The standard InChI is InChI=1S/C22H29N3O3/c1-23-22(24-13-7-14-26-15-12-18-8-3-2-4-9-18)25-16-19-17-27-20-10-5-6-11-21(20)28-19/h2-6,8-11,19H,7,12-17H2,1H3,(H2,23,24,25). The number of ether oxygens (including phenoxy) is 3. The number of fused-ring (bicyclic) bond motifs is 1. The number of para-hydroxylation sites is 2. The fraction of sp³-hybridized carbons (Fsp3) is 0.409. The van der Waals surface area contributed by atoms with E-state index in [1.807, 2.05) is 30.3 Å². The zero-order valence-corrected chi connectivity index (χ0v) is 16.4. The van der Waals surface area contributed by atoms with Crippen molar-refractivity contribution in [2.24, 2.45) is 4.99 Å². The van der Waals surface area contributed by atoms with Crippen LogP contribution in [-0.2, 0) is 11.2 Å². The van der Waals surface area contributed by atoms with Crippen LogP contribution in [0.4, 0.5) is 0 Å². The molecule has 1 aliphatic rings. The van der Waals surface area contributed by atoms with Gasteiger partial charge in [0.2, 0.25) is 0 Å². The lowest BCUT2D eigenvalue weighted by atomic mass is 10.2. The van der Waals surface area contributed by atoms with E-state index >= 15 is 0 Å². The van der Waals surface area contributed by atoms with Crippen LogP contribution in [0, 0.1) is 0 Å². The van der Waals surface area contributed by atoms with Gasteiger partial charge in [-0.1, -0.05) is 42.5 Å². The van der Waals surface area contributed by atoms with Crippen LogP contribution < -0.4 is 20.1 Å². The van der Waals surface area contributed by atoms with E-state index in [2.05, 4.69) is 39.9 Å². The molecule has 1 heterocycles. The van der Waals surface area contributed by atoms with Crippen molar-refractivity contribution in [2.45, 2.75) is 18.9 Å². The van der Waals surface area contributed by atoms with Crippen molar-refractivity contribution in [1.82, 2.24) is 10.6 Å². The highest BCUT2D eigenvalue weighted by molar-refractivity contribution is 5.79. The molecule has 0 bridgehead atoms. The van der Waals surface area contributed by atoms with Gasteiger partial charge in [0, 0.05) is 20.2 Å². The van der Waals surface area contributed by atoms with Gasteiger partial charge < -0.3 is 24.8 Å². The van der Waals surface area contributed by atoms with Crippen LogP contribution in [0.5, 0.6) is 11.5 Å². The van der Waals surface area contributed by atoms with Gasteiger partial charge in [-0.25, -0.2) is 0 Å². The Kier molecular flexibility index (Phi) is 8.00. The number of rotatable bonds is 9. The van der Waals surface area contributed by atoms with Gasteiger partial charge in [-0.2, -0.15) is 0 Å². The fourth-order valence-corrected chi connectivity index (χ4v) is 2.91. The molecule has 1 unspecified atom stereocenters. The molecule has 1 atom stereocenters. The molecule has 28 heavy (non-hydrogen) atoms. The quantitative estimate of drug-likeness (QED) is 0.396. The molecular weight excluding hydrogens is 354 g/mol. The topological polar surface area (TPSA) is 64.1 Å². The van der Waals surface area contributed by atoms with Gasteiger partial charge in [0.15, 0.2) is 17.5 Å². The van der Waals surface area contributed by atoms with Gasteiger partial charge in [-0.15, -0.1) is 0 Å². The molecule has 3 rings (SSSR count). The highest BCUT2D eigenvalue weighted by atomic mass is 16.6. The predicted molar refractivity (Wildman–Crippen MR) is 111 cm³/mol. The van der Waals surface area contributed by atoms with E-state index in [0.717, 1.165) is 50.1 Å². The summed E-state index contributed by atoms with van der Waals surface area (Å²) in [4.78, 5) is 4.25. The zero-order valence-electron chi connectivity index (χ0n) is 16.4. The van der Waals surface area contributed by atoms with E-state index in [0.29, 0.717) is 13.2 Å². The number of hydrogen-bond donors (Lipinski definition) is 2. The number of hydrogen-bond acceptors (Lipinski definition) is 4. The van der Waals surface area contributed by atoms with Crippen molar-refractivity contribution in [1.29, 1.82) is 0 Å². The summed E-state index contributed by atoms with van der Waals surface area (Å²) >= 11 is 0. The van der Waals surface area contributed by atoms with Gasteiger partial charge in [-0.05, 0) is 30.5 Å². The van der Waals surface area contributed by atoms with Crippen LogP contribution in [0.25, 0.3) is 0 Å². The number of nitrogens with zero attached hydrogens (tertiary/aromatic N) is 1. The molecule has 0 amide bonds. The van der Waals surface area contributed by atoms with Crippen LogP contribution in [0.15, 0.2) is 59.6 Å². The van der Waals surface area contributed by atoms with E-state index in [9.17, 15) is 0 Å². The first kappa shape index (κ1) is 20.0. The van der Waals surface area contributed by atoms with Crippen molar-refractivity contribution in [3.05, 3.63) is 60.2 Å². The summed E-state index contributed by atoms with van der Waals surface area (Å²) in [6.07, 6.45) is 1.82. The average molecular weight is 383 g/mol. The molecule has 6 nitrogen and oxygen atoms in total. The van der Waals surface area contributed by atoms with Gasteiger partial charge in [0.25, 0.3) is 0 Å². The second kappa shape index (κ2) is 11.2. The minimum atomic E-state index is -0.0465. The third-order valence-corrected chi connectivity index (χ3v) is 4.42. The Hall–Kier alpha value is -2.73. The van der Waals surface area contributed by atoms with Crippen molar-refractivity contribution < 1.29 is 14.2 Å². The Balaban J connectivity index is 1.25. The van der Waals surface area contributed by atoms with Gasteiger partial charge >= 0.3 is 0 Å². The second-order valence-corrected chi connectivity index (χ2v) is 6.58. The molecule has 0 spiro atoms. The molecule has 0 radical (unpaired) electrons. The maximum atomic E-state index is 5.94. The van der Waals surface area contributed by atoms with Gasteiger partial charge in [-0.3, -0.25) is 4.99 Å². The summed E-state index contributed by atoms with van der Waals surface area (Å²) in [6.45, 7) is 3.43. The number of nitrogens with one attached hydrogen (secondary N) is 2. The van der Waals surface area contributed by atoms with E-state index in [1.54, 1.807) is 7.05 Å². The van der Waals surface area contributed by atoms with Gasteiger partial charge in [0.05, 0.1) is 13.2 Å². The molecule has 0 aliphatic carbocycles.